The molecule has 0 fully saturated rings. The minimum absolute atomic E-state index is 0.274. The van der Waals surface area contributed by atoms with E-state index in [0.717, 1.165) is 24.2 Å². The zero-order valence-corrected chi connectivity index (χ0v) is 14.0. The Kier molecular flexibility index (Phi) is 4.69. The fourth-order valence-corrected chi connectivity index (χ4v) is 3.45. The van der Waals surface area contributed by atoms with Crippen molar-refractivity contribution < 1.29 is 9.53 Å². The molecule has 2 heterocycles. The molecule has 0 aliphatic rings. The van der Waals surface area contributed by atoms with E-state index in [9.17, 15) is 4.79 Å². The van der Waals surface area contributed by atoms with E-state index < -0.39 is 0 Å². The molecule has 0 aliphatic carbocycles. The Morgan fingerprint density at radius 3 is 2.96 bits per heavy atom. The third-order valence-electron chi connectivity index (χ3n) is 3.67. The number of hydrogen-bond donors (Lipinski definition) is 0. The first-order valence-electron chi connectivity index (χ1n) is 7.34. The van der Waals surface area contributed by atoms with Crippen molar-refractivity contribution in [2.75, 3.05) is 14.2 Å². The standard InChI is InChI=1S/C18H18N2O2S/c1-20(10-13-9-17(23-12-13)18(21)22-2)11-14-5-3-7-16-15(14)6-4-8-19-16/h3-9,12H,10-11H2,1-2H3. The second-order valence-electron chi connectivity index (χ2n) is 5.47. The summed E-state index contributed by atoms with van der Waals surface area (Å²) in [7, 11) is 3.48. The monoisotopic (exact) mass is 326 g/mol. The lowest BCUT2D eigenvalue weighted by molar-refractivity contribution is 0.0606. The molecule has 0 bridgehead atoms. The number of esters is 1. The number of carbonyl (C=O) groups is 1. The normalized spacial score (nSPS) is 11.1. The van der Waals surface area contributed by atoms with Crippen molar-refractivity contribution in [3.8, 4) is 0 Å². The van der Waals surface area contributed by atoms with Gasteiger partial charge in [-0.05, 0) is 41.8 Å². The number of hydrogen-bond acceptors (Lipinski definition) is 5. The van der Waals surface area contributed by atoms with Gasteiger partial charge in [0.05, 0.1) is 12.6 Å². The van der Waals surface area contributed by atoms with E-state index in [1.54, 1.807) is 0 Å². The van der Waals surface area contributed by atoms with E-state index in [1.807, 2.05) is 35.8 Å². The van der Waals surface area contributed by atoms with Crippen LogP contribution in [0, 0.1) is 0 Å². The summed E-state index contributed by atoms with van der Waals surface area (Å²) in [6.07, 6.45) is 1.82. The van der Waals surface area contributed by atoms with Gasteiger partial charge in [-0.1, -0.05) is 18.2 Å². The van der Waals surface area contributed by atoms with Gasteiger partial charge in [0.25, 0.3) is 0 Å². The summed E-state index contributed by atoms with van der Waals surface area (Å²) in [4.78, 5) is 18.8. The summed E-state index contributed by atoms with van der Waals surface area (Å²) in [6.45, 7) is 1.61. The van der Waals surface area contributed by atoms with E-state index in [0.29, 0.717) is 4.88 Å². The van der Waals surface area contributed by atoms with Crippen LogP contribution in [0.15, 0.2) is 48.0 Å². The molecule has 1 aromatic carbocycles. The number of methoxy groups -OCH3 is 1. The lowest BCUT2D eigenvalue weighted by atomic mass is 10.1. The van der Waals surface area contributed by atoms with Crippen LogP contribution >= 0.6 is 11.3 Å². The van der Waals surface area contributed by atoms with E-state index in [1.165, 1.54) is 29.4 Å². The third kappa shape index (κ3) is 3.57. The van der Waals surface area contributed by atoms with Gasteiger partial charge < -0.3 is 4.74 Å². The first kappa shape index (κ1) is 15.6. The van der Waals surface area contributed by atoms with Crippen LogP contribution in [-0.4, -0.2) is 30.0 Å². The van der Waals surface area contributed by atoms with Crippen molar-refractivity contribution in [2.45, 2.75) is 13.1 Å². The second kappa shape index (κ2) is 6.89. The Hall–Kier alpha value is -2.24. The van der Waals surface area contributed by atoms with Crippen LogP contribution in [0.5, 0.6) is 0 Å². The molecule has 2 aromatic heterocycles. The molecule has 0 spiro atoms. The van der Waals surface area contributed by atoms with Crippen LogP contribution in [0.3, 0.4) is 0 Å². The Labute approximate surface area is 139 Å². The number of fused-ring (bicyclic) bond motifs is 1. The van der Waals surface area contributed by atoms with Crippen molar-refractivity contribution in [1.82, 2.24) is 9.88 Å². The van der Waals surface area contributed by atoms with Crippen molar-refractivity contribution in [2.24, 2.45) is 0 Å². The molecule has 0 N–H and O–H groups in total. The van der Waals surface area contributed by atoms with E-state index >= 15 is 0 Å². The summed E-state index contributed by atoms with van der Waals surface area (Å²) in [5, 5.41) is 3.19. The number of pyridine rings is 1. The van der Waals surface area contributed by atoms with E-state index in [2.05, 4.69) is 29.1 Å². The van der Waals surface area contributed by atoms with Crippen LogP contribution in [0.1, 0.15) is 20.8 Å². The molecule has 0 amide bonds. The Balaban J connectivity index is 1.72. The summed E-state index contributed by atoms with van der Waals surface area (Å²) in [6, 6.07) is 12.2. The molecule has 0 unspecified atom stereocenters. The molecular weight excluding hydrogens is 308 g/mol. The SMILES string of the molecule is COC(=O)c1cc(CN(C)Cc2cccc3ncccc23)cs1. The maximum absolute atomic E-state index is 11.5. The fourth-order valence-electron chi connectivity index (χ4n) is 2.63. The zero-order valence-electron chi connectivity index (χ0n) is 13.2. The van der Waals surface area contributed by atoms with Crippen molar-refractivity contribution in [1.29, 1.82) is 0 Å². The maximum Gasteiger partial charge on any atom is 0.348 e. The highest BCUT2D eigenvalue weighted by Gasteiger charge is 2.11. The van der Waals surface area contributed by atoms with Gasteiger partial charge in [0.2, 0.25) is 0 Å². The second-order valence-corrected chi connectivity index (χ2v) is 6.38. The molecule has 3 aromatic rings. The van der Waals surface area contributed by atoms with Gasteiger partial charge in [0.15, 0.2) is 0 Å². The topological polar surface area (TPSA) is 42.4 Å². The van der Waals surface area contributed by atoms with E-state index in [4.69, 9.17) is 4.74 Å². The average molecular weight is 326 g/mol. The van der Waals surface area contributed by atoms with Crippen LogP contribution < -0.4 is 0 Å². The average Bonchev–Trinajstić information content (AvgIpc) is 3.03. The number of aromatic nitrogens is 1. The highest BCUT2D eigenvalue weighted by atomic mass is 32.1. The van der Waals surface area contributed by atoms with Gasteiger partial charge in [-0.3, -0.25) is 9.88 Å². The smallest absolute Gasteiger partial charge is 0.348 e. The predicted octanol–water partition coefficient (Wildman–Crippen LogP) is 3.71. The van der Waals surface area contributed by atoms with Gasteiger partial charge in [-0.15, -0.1) is 11.3 Å². The lowest BCUT2D eigenvalue weighted by Crippen LogP contribution is -2.17. The van der Waals surface area contributed by atoms with Crippen molar-refractivity contribution in [3.63, 3.8) is 0 Å². The molecule has 118 valence electrons. The Morgan fingerprint density at radius 2 is 2.13 bits per heavy atom. The first-order valence-corrected chi connectivity index (χ1v) is 8.22. The Bertz CT molecular complexity index is 823. The molecule has 0 aliphatic heterocycles. The number of ether oxygens (including phenoxy) is 1. The number of carbonyl (C=O) groups excluding carboxylic acids is 1. The molecule has 23 heavy (non-hydrogen) atoms. The van der Waals surface area contributed by atoms with Gasteiger partial charge in [0.1, 0.15) is 4.88 Å². The van der Waals surface area contributed by atoms with Crippen molar-refractivity contribution >= 4 is 28.2 Å². The van der Waals surface area contributed by atoms with Crippen LogP contribution in [0.2, 0.25) is 0 Å². The van der Waals surface area contributed by atoms with Crippen LogP contribution in [0.4, 0.5) is 0 Å². The molecule has 0 saturated heterocycles. The zero-order chi connectivity index (χ0) is 16.2. The highest BCUT2D eigenvalue weighted by molar-refractivity contribution is 7.12. The predicted molar refractivity (Wildman–Crippen MR) is 92.6 cm³/mol. The van der Waals surface area contributed by atoms with E-state index in [-0.39, 0.29) is 5.97 Å². The molecule has 0 saturated carbocycles. The minimum atomic E-state index is -0.274. The summed E-state index contributed by atoms with van der Waals surface area (Å²) in [5.74, 6) is -0.274. The maximum atomic E-state index is 11.5. The molecule has 5 heteroatoms. The number of nitrogens with zero attached hydrogens (tertiary/aromatic N) is 2. The molecule has 0 radical (unpaired) electrons. The fraction of sp³-hybridized carbons (Fsp3) is 0.222. The number of benzene rings is 1. The quantitative estimate of drug-likeness (QED) is 0.670. The highest BCUT2D eigenvalue weighted by Crippen LogP contribution is 2.20. The van der Waals surface area contributed by atoms with Crippen molar-refractivity contribution in [3.05, 3.63) is 64.0 Å². The molecule has 3 rings (SSSR count). The lowest BCUT2D eigenvalue weighted by Gasteiger charge is -2.17. The third-order valence-corrected chi connectivity index (χ3v) is 4.63. The number of thiophene rings is 1. The molecule has 4 nitrogen and oxygen atoms in total. The van der Waals surface area contributed by atoms with Gasteiger partial charge in [-0.2, -0.15) is 0 Å². The minimum Gasteiger partial charge on any atom is -0.465 e. The van der Waals surface area contributed by atoms with Gasteiger partial charge in [0, 0.05) is 24.7 Å². The first-order chi connectivity index (χ1) is 11.2. The van der Waals surface area contributed by atoms with Gasteiger partial charge >= 0.3 is 5.97 Å². The molecular formula is C18H18N2O2S. The Morgan fingerprint density at radius 1 is 1.26 bits per heavy atom. The molecule has 0 atom stereocenters. The number of rotatable bonds is 5. The summed E-state index contributed by atoms with van der Waals surface area (Å²) < 4.78 is 4.75. The summed E-state index contributed by atoms with van der Waals surface area (Å²) in [5.41, 5.74) is 3.39. The largest absolute Gasteiger partial charge is 0.465 e. The van der Waals surface area contributed by atoms with Crippen LogP contribution in [0.25, 0.3) is 10.9 Å². The summed E-state index contributed by atoms with van der Waals surface area (Å²) >= 11 is 1.42. The van der Waals surface area contributed by atoms with Gasteiger partial charge in [-0.25, -0.2) is 4.79 Å². The van der Waals surface area contributed by atoms with Crippen LogP contribution in [-0.2, 0) is 17.8 Å².